The van der Waals surface area contributed by atoms with Gasteiger partial charge in [0.05, 0.1) is 0 Å². The first-order chi connectivity index (χ1) is 9.16. The molecule has 1 aromatic heterocycles. The molecule has 1 fully saturated rings. The van der Waals surface area contributed by atoms with Crippen molar-refractivity contribution >= 4 is 22.1 Å². The molecule has 0 aliphatic carbocycles. The fraction of sp³-hybridized carbons (Fsp3) is 0.400. The fourth-order valence-corrected chi connectivity index (χ4v) is 2.74. The summed E-state index contributed by atoms with van der Waals surface area (Å²) in [5.74, 6) is 0. The second-order valence-electron chi connectivity index (χ2n) is 5.37. The van der Waals surface area contributed by atoms with Crippen molar-refractivity contribution in [2.75, 3.05) is 37.3 Å². The molecule has 1 aromatic carbocycles. The van der Waals surface area contributed by atoms with Gasteiger partial charge in [-0.1, -0.05) is 0 Å². The third kappa shape index (κ3) is 2.12. The molecule has 2 heterocycles. The first-order valence-electron chi connectivity index (χ1n) is 6.74. The molecule has 0 saturated carbocycles. The van der Waals surface area contributed by atoms with Crippen LogP contribution in [0.25, 0.3) is 10.8 Å². The Morgan fingerprint density at radius 3 is 2.84 bits per heavy atom. The van der Waals surface area contributed by atoms with Gasteiger partial charge in [-0.25, -0.2) is 0 Å². The minimum Gasteiger partial charge on any atom is -0.398 e. The molecule has 3 rings (SSSR count). The predicted octanol–water partition coefficient (Wildman–Crippen LogP) is 1.96. The van der Waals surface area contributed by atoms with E-state index in [2.05, 4.69) is 40.9 Å². The maximum absolute atomic E-state index is 6.04. The van der Waals surface area contributed by atoms with Crippen molar-refractivity contribution in [3.63, 3.8) is 0 Å². The minimum absolute atomic E-state index is 0.572. The van der Waals surface area contributed by atoms with Gasteiger partial charge in [0.1, 0.15) is 0 Å². The lowest BCUT2D eigenvalue weighted by atomic mass is 10.1. The van der Waals surface area contributed by atoms with E-state index in [0.29, 0.717) is 6.04 Å². The zero-order valence-corrected chi connectivity index (χ0v) is 11.5. The van der Waals surface area contributed by atoms with E-state index in [4.69, 9.17) is 5.73 Å². The monoisotopic (exact) mass is 256 g/mol. The van der Waals surface area contributed by atoms with Gasteiger partial charge in [-0.05, 0) is 32.2 Å². The van der Waals surface area contributed by atoms with Crippen LogP contribution in [-0.4, -0.2) is 42.6 Å². The van der Waals surface area contributed by atoms with Crippen molar-refractivity contribution in [3.05, 3.63) is 30.6 Å². The summed E-state index contributed by atoms with van der Waals surface area (Å²) < 4.78 is 0. The molecule has 0 amide bonds. The van der Waals surface area contributed by atoms with Crippen LogP contribution in [0.4, 0.5) is 11.4 Å². The number of hydrogen-bond donors (Lipinski definition) is 1. The van der Waals surface area contributed by atoms with Gasteiger partial charge in [-0.15, -0.1) is 0 Å². The number of nitrogens with zero attached hydrogens (tertiary/aromatic N) is 3. The zero-order chi connectivity index (χ0) is 13.4. The number of rotatable bonds is 1. The lowest BCUT2D eigenvalue weighted by Gasteiger charge is -2.39. The van der Waals surface area contributed by atoms with E-state index in [1.807, 2.05) is 18.5 Å². The highest BCUT2D eigenvalue weighted by Gasteiger charge is 2.22. The summed E-state index contributed by atoms with van der Waals surface area (Å²) in [7, 11) is 2.19. The van der Waals surface area contributed by atoms with Crippen LogP contribution in [0.2, 0.25) is 0 Å². The molecule has 1 saturated heterocycles. The Morgan fingerprint density at radius 2 is 2.05 bits per heavy atom. The molecule has 1 aliphatic heterocycles. The summed E-state index contributed by atoms with van der Waals surface area (Å²) in [6, 6.07) is 6.75. The number of likely N-dealkylation sites (N-methyl/N-ethyl adjacent to an activating group) is 1. The summed E-state index contributed by atoms with van der Waals surface area (Å²) in [6.07, 6.45) is 3.69. The highest BCUT2D eigenvalue weighted by Crippen LogP contribution is 2.31. The molecule has 0 bridgehead atoms. The Kier molecular flexibility index (Phi) is 3.03. The maximum Gasteiger partial charge on any atom is 0.0449 e. The predicted molar refractivity (Wildman–Crippen MR) is 80.5 cm³/mol. The highest BCUT2D eigenvalue weighted by atomic mass is 15.3. The molecule has 1 aliphatic rings. The van der Waals surface area contributed by atoms with Gasteiger partial charge < -0.3 is 15.5 Å². The standard InChI is InChI=1S/C15H20N4/c1-11-10-19(8-7-18(11)2)15-4-3-14(16)13-9-17-6-5-12(13)15/h3-6,9,11H,7-8,10,16H2,1-2H3. The first kappa shape index (κ1) is 12.2. The third-order valence-electron chi connectivity index (χ3n) is 4.13. The van der Waals surface area contributed by atoms with Gasteiger partial charge in [0.15, 0.2) is 0 Å². The lowest BCUT2D eigenvalue weighted by molar-refractivity contribution is 0.234. The topological polar surface area (TPSA) is 45.4 Å². The summed E-state index contributed by atoms with van der Waals surface area (Å²) in [4.78, 5) is 9.03. The third-order valence-corrected chi connectivity index (χ3v) is 4.13. The van der Waals surface area contributed by atoms with Crippen molar-refractivity contribution in [2.45, 2.75) is 13.0 Å². The number of piperazine rings is 1. The van der Waals surface area contributed by atoms with E-state index in [9.17, 15) is 0 Å². The average molecular weight is 256 g/mol. The van der Waals surface area contributed by atoms with Crippen molar-refractivity contribution in [1.29, 1.82) is 0 Å². The van der Waals surface area contributed by atoms with E-state index in [0.717, 1.165) is 30.7 Å². The fourth-order valence-electron chi connectivity index (χ4n) is 2.74. The Balaban J connectivity index is 2.04. The van der Waals surface area contributed by atoms with Crippen LogP contribution in [-0.2, 0) is 0 Å². The van der Waals surface area contributed by atoms with Crippen LogP contribution in [0, 0.1) is 0 Å². The Morgan fingerprint density at radius 1 is 1.21 bits per heavy atom. The highest BCUT2D eigenvalue weighted by molar-refractivity contribution is 6.00. The molecule has 2 N–H and O–H groups in total. The number of nitrogen functional groups attached to an aromatic ring is 1. The maximum atomic E-state index is 6.04. The van der Waals surface area contributed by atoms with E-state index < -0.39 is 0 Å². The summed E-state index contributed by atoms with van der Waals surface area (Å²) in [6.45, 7) is 5.48. The van der Waals surface area contributed by atoms with Crippen molar-refractivity contribution in [2.24, 2.45) is 0 Å². The molecule has 4 heteroatoms. The normalized spacial score (nSPS) is 20.9. The number of pyridine rings is 1. The number of anilines is 2. The molecule has 0 radical (unpaired) electrons. The summed E-state index contributed by atoms with van der Waals surface area (Å²) >= 11 is 0. The van der Waals surface area contributed by atoms with Gasteiger partial charge >= 0.3 is 0 Å². The molecular formula is C15H20N4. The number of fused-ring (bicyclic) bond motifs is 1. The van der Waals surface area contributed by atoms with Gasteiger partial charge in [0.25, 0.3) is 0 Å². The number of hydrogen-bond acceptors (Lipinski definition) is 4. The van der Waals surface area contributed by atoms with Crippen molar-refractivity contribution < 1.29 is 0 Å². The van der Waals surface area contributed by atoms with Crippen LogP contribution in [0.1, 0.15) is 6.92 Å². The molecule has 0 spiro atoms. The van der Waals surface area contributed by atoms with Gasteiger partial charge in [0, 0.05) is 60.2 Å². The van der Waals surface area contributed by atoms with Crippen molar-refractivity contribution in [1.82, 2.24) is 9.88 Å². The number of benzene rings is 1. The van der Waals surface area contributed by atoms with E-state index in [1.165, 1.54) is 11.1 Å². The molecule has 1 atom stereocenters. The largest absolute Gasteiger partial charge is 0.398 e. The second kappa shape index (κ2) is 4.70. The smallest absolute Gasteiger partial charge is 0.0449 e. The van der Waals surface area contributed by atoms with E-state index >= 15 is 0 Å². The second-order valence-corrected chi connectivity index (χ2v) is 5.37. The zero-order valence-electron chi connectivity index (χ0n) is 11.5. The van der Waals surface area contributed by atoms with Gasteiger partial charge in [-0.3, -0.25) is 4.98 Å². The Labute approximate surface area is 113 Å². The van der Waals surface area contributed by atoms with Gasteiger partial charge in [-0.2, -0.15) is 0 Å². The van der Waals surface area contributed by atoms with E-state index in [-0.39, 0.29) is 0 Å². The lowest BCUT2D eigenvalue weighted by Crippen LogP contribution is -2.50. The molecule has 4 nitrogen and oxygen atoms in total. The minimum atomic E-state index is 0.572. The average Bonchev–Trinajstić information content (AvgIpc) is 2.43. The Hall–Kier alpha value is -1.81. The van der Waals surface area contributed by atoms with Crippen LogP contribution in [0.3, 0.4) is 0 Å². The Bertz CT molecular complexity index is 596. The number of nitrogens with two attached hydrogens (primary N) is 1. The summed E-state index contributed by atoms with van der Waals surface area (Å²) in [5.41, 5.74) is 8.11. The van der Waals surface area contributed by atoms with Crippen LogP contribution < -0.4 is 10.6 Å². The summed E-state index contributed by atoms with van der Waals surface area (Å²) in [5, 5.41) is 2.25. The van der Waals surface area contributed by atoms with E-state index in [1.54, 1.807) is 0 Å². The van der Waals surface area contributed by atoms with Crippen LogP contribution in [0.15, 0.2) is 30.6 Å². The van der Waals surface area contributed by atoms with Crippen LogP contribution >= 0.6 is 0 Å². The quantitative estimate of drug-likeness (QED) is 0.792. The van der Waals surface area contributed by atoms with Crippen molar-refractivity contribution in [3.8, 4) is 0 Å². The molecular weight excluding hydrogens is 236 g/mol. The molecule has 19 heavy (non-hydrogen) atoms. The molecule has 100 valence electrons. The SMILES string of the molecule is CC1CN(c2ccc(N)c3cnccc23)CCN1C. The first-order valence-corrected chi connectivity index (χ1v) is 6.74. The molecule has 2 aromatic rings. The van der Waals surface area contributed by atoms with Gasteiger partial charge in [0.2, 0.25) is 0 Å². The molecule has 1 unspecified atom stereocenters. The van der Waals surface area contributed by atoms with Crippen LogP contribution in [0.5, 0.6) is 0 Å². The number of aromatic nitrogens is 1.